The molecule has 0 saturated carbocycles. The highest BCUT2D eigenvalue weighted by atomic mass is 16.1. The van der Waals surface area contributed by atoms with E-state index in [1.165, 1.54) is 0 Å². The summed E-state index contributed by atoms with van der Waals surface area (Å²) in [4.78, 5) is 11.7. The molecule has 3 N–H and O–H groups in total. The molecule has 0 saturated heterocycles. The quantitative estimate of drug-likeness (QED) is 0.551. The van der Waals surface area contributed by atoms with Crippen LogP contribution < -0.4 is 11.3 Å². The van der Waals surface area contributed by atoms with Crippen molar-refractivity contribution < 1.29 is 0 Å². The van der Waals surface area contributed by atoms with E-state index in [-0.39, 0.29) is 17.0 Å². The maximum absolute atomic E-state index is 11.7. The molecule has 0 bridgehead atoms. The predicted octanol–water partition coefficient (Wildman–Crippen LogP) is 0.932. The fourth-order valence-corrected chi connectivity index (χ4v) is 1.25. The Hall–Kier alpha value is -1.58. The Morgan fingerprint density at radius 2 is 2.36 bits per heavy atom. The van der Waals surface area contributed by atoms with Gasteiger partial charge in [0.1, 0.15) is 5.84 Å². The lowest BCUT2D eigenvalue weighted by atomic mass is 10.2. The smallest absolute Gasteiger partial charge is 0.261 e. The molecule has 1 aromatic heterocycles. The van der Waals surface area contributed by atoms with E-state index in [9.17, 15) is 4.79 Å². The highest BCUT2D eigenvalue weighted by Crippen LogP contribution is 1.94. The monoisotopic (exact) mass is 193 g/mol. The van der Waals surface area contributed by atoms with Gasteiger partial charge in [-0.2, -0.15) is 0 Å². The molecule has 0 spiro atoms. The van der Waals surface area contributed by atoms with Crippen LogP contribution in [0.1, 0.15) is 25.3 Å². The number of hydrogen-bond donors (Lipinski definition) is 2. The van der Waals surface area contributed by atoms with Crippen molar-refractivity contribution in [3.8, 4) is 0 Å². The lowest BCUT2D eigenvalue weighted by molar-refractivity contribution is 0.612. The number of nitrogen functional groups attached to an aromatic ring is 1. The van der Waals surface area contributed by atoms with Crippen LogP contribution in [0.2, 0.25) is 0 Å². The molecule has 0 fully saturated rings. The first kappa shape index (κ1) is 10.5. The maximum atomic E-state index is 11.7. The molecule has 0 aliphatic heterocycles. The van der Waals surface area contributed by atoms with Gasteiger partial charge < -0.3 is 10.3 Å². The Morgan fingerprint density at radius 1 is 1.64 bits per heavy atom. The highest BCUT2D eigenvalue weighted by Gasteiger charge is 2.04. The number of nitrogens with one attached hydrogen (secondary N) is 1. The van der Waals surface area contributed by atoms with Crippen molar-refractivity contribution in [2.24, 2.45) is 5.73 Å². The van der Waals surface area contributed by atoms with Crippen molar-refractivity contribution in [2.45, 2.75) is 26.3 Å². The third kappa shape index (κ3) is 2.22. The number of rotatable bonds is 4. The number of nitrogens with two attached hydrogens (primary N) is 1. The second-order valence-corrected chi connectivity index (χ2v) is 3.19. The zero-order valence-electron chi connectivity index (χ0n) is 8.29. The third-order valence-electron chi connectivity index (χ3n) is 2.06. The Bertz CT molecular complexity index is 381. The standard InChI is InChI=1S/C10H15N3O/c1-2-3-6-13-7-4-5-8(9(11)12)10(13)14/h4-5,7H,2-3,6H2,1H3,(H3,11,12). The first-order chi connectivity index (χ1) is 6.66. The molecule has 0 unspecified atom stereocenters. The molecule has 0 amide bonds. The molecular formula is C10H15N3O. The molecular weight excluding hydrogens is 178 g/mol. The first-order valence-corrected chi connectivity index (χ1v) is 4.70. The second kappa shape index (κ2) is 4.60. The van der Waals surface area contributed by atoms with E-state index in [0.717, 1.165) is 12.8 Å². The largest absolute Gasteiger partial charge is 0.384 e. The molecule has 0 aromatic carbocycles. The van der Waals surface area contributed by atoms with Gasteiger partial charge in [-0.15, -0.1) is 0 Å². The first-order valence-electron chi connectivity index (χ1n) is 4.70. The summed E-state index contributed by atoms with van der Waals surface area (Å²) in [5, 5.41) is 7.21. The van der Waals surface area contributed by atoms with E-state index in [1.807, 2.05) is 0 Å². The molecule has 14 heavy (non-hydrogen) atoms. The molecule has 0 atom stereocenters. The van der Waals surface area contributed by atoms with E-state index in [0.29, 0.717) is 6.54 Å². The van der Waals surface area contributed by atoms with E-state index < -0.39 is 0 Å². The predicted molar refractivity (Wildman–Crippen MR) is 56.6 cm³/mol. The van der Waals surface area contributed by atoms with E-state index in [2.05, 4.69) is 6.92 Å². The normalized spacial score (nSPS) is 10.1. The van der Waals surface area contributed by atoms with Gasteiger partial charge in [0, 0.05) is 12.7 Å². The maximum Gasteiger partial charge on any atom is 0.261 e. The fourth-order valence-electron chi connectivity index (χ4n) is 1.25. The fraction of sp³-hybridized carbons (Fsp3) is 0.400. The molecule has 4 heteroatoms. The SMILES string of the molecule is CCCCn1cccc(C(=N)N)c1=O. The Morgan fingerprint density at radius 3 is 2.93 bits per heavy atom. The topological polar surface area (TPSA) is 71.9 Å². The van der Waals surface area contributed by atoms with Gasteiger partial charge >= 0.3 is 0 Å². The Kier molecular flexibility index (Phi) is 3.45. The van der Waals surface area contributed by atoms with E-state index >= 15 is 0 Å². The van der Waals surface area contributed by atoms with Gasteiger partial charge in [0.2, 0.25) is 0 Å². The number of nitrogens with zero attached hydrogens (tertiary/aromatic N) is 1. The van der Waals surface area contributed by atoms with Crippen molar-refractivity contribution >= 4 is 5.84 Å². The minimum atomic E-state index is -0.173. The third-order valence-corrected chi connectivity index (χ3v) is 2.06. The van der Waals surface area contributed by atoms with Crippen molar-refractivity contribution in [3.63, 3.8) is 0 Å². The Labute approximate surface area is 82.9 Å². The minimum Gasteiger partial charge on any atom is -0.384 e. The molecule has 76 valence electrons. The minimum absolute atomic E-state index is 0.166. The van der Waals surface area contributed by atoms with Crippen LogP contribution in [0.5, 0.6) is 0 Å². The van der Waals surface area contributed by atoms with Crippen molar-refractivity contribution in [1.29, 1.82) is 5.41 Å². The van der Waals surface area contributed by atoms with Crippen LogP contribution in [-0.2, 0) is 6.54 Å². The Balaban J connectivity index is 3.02. The highest BCUT2D eigenvalue weighted by molar-refractivity contribution is 5.94. The molecule has 1 aromatic rings. The van der Waals surface area contributed by atoms with Crippen LogP contribution in [0.3, 0.4) is 0 Å². The van der Waals surface area contributed by atoms with Gasteiger partial charge in [-0.25, -0.2) is 0 Å². The lowest BCUT2D eigenvalue weighted by Crippen LogP contribution is -2.29. The zero-order chi connectivity index (χ0) is 10.6. The average molecular weight is 193 g/mol. The number of unbranched alkanes of at least 4 members (excludes halogenated alkanes) is 1. The molecule has 0 radical (unpaired) electrons. The van der Waals surface area contributed by atoms with Crippen molar-refractivity contribution in [2.75, 3.05) is 0 Å². The molecule has 1 heterocycles. The molecule has 0 aliphatic carbocycles. The second-order valence-electron chi connectivity index (χ2n) is 3.19. The van der Waals surface area contributed by atoms with Gasteiger partial charge in [0.05, 0.1) is 5.56 Å². The summed E-state index contributed by atoms with van der Waals surface area (Å²) in [5.41, 5.74) is 5.39. The van der Waals surface area contributed by atoms with Crippen LogP contribution in [0.4, 0.5) is 0 Å². The summed E-state index contributed by atoms with van der Waals surface area (Å²) in [6.45, 7) is 2.76. The van der Waals surface area contributed by atoms with Crippen LogP contribution >= 0.6 is 0 Å². The van der Waals surface area contributed by atoms with Crippen molar-refractivity contribution in [1.82, 2.24) is 4.57 Å². The summed E-state index contributed by atoms with van der Waals surface area (Å²) in [6.07, 6.45) is 3.72. The van der Waals surface area contributed by atoms with E-state index in [1.54, 1.807) is 22.9 Å². The number of amidine groups is 1. The number of aryl methyl sites for hydroxylation is 1. The summed E-state index contributed by atoms with van der Waals surface area (Å²) < 4.78 is 1.60. The van der Waals surface area contributed by atoms with Crippen LogP contribution in [0.25, 0.3) is 0 Å². The summed E-state index contributed by atoms with van der Waals surface area (Å²) in [7, 11) is 0. The van der Waals surface area contributed by atoms with E-state index in [4.69, 9.17) is 11.1 Å². The molecule has 1 rings (SSSR count). The number of aromatic nitrogens is 1. The zero-order valence-corrected chi connectivity index (χ0v) is 8.29. The van der Waals surface area contributed by atoms with Crippen LogP contribution in [0, 0.1) is 5.41 Å². The molecule has 4 nitrogen and oxygen atoms in total. The van der Waals surface area contributed by atoms with Gasteiger partial charge in [0.25, 0.3) is 5.56 Å². The summed E-state index contributed by atoms with van der Waals surface area (Å²) in [5.74, 6) is -0.166. The summed E-state index contributed by atoms with van der Waals surface area (Å²) in [6, 6.07) is 3.32. The van der Waals surface area contributed by atoms with Crippen LogP contribution in [-0.4, -0.2) is 10.4 Å². The molecule has 0 aliphatic rings. The van der Waals surface area contributed by atoms with Crippen molar-refractivity contribution in [3.05, 3.63) is 34.2 Å². The average Bonchev–Trinajstić information content (AvgIpc) is 2.16. The van der Waals surface area contributed by atoms with Gasteiger partial charge in [-0.3, -0.25) is 10.2 Å². The van der Waals surface area contributed by atoms with Gasteiger partial charge in [0.15, 0.2) is 0 Å². The van der Waals surface area contributed by atoms with Crippen LogP contribution in [0.15, 0.2) is 23.1 Å². The number of pyridine rings is 1. The number of hydrogen-bond acceptors (Lipinski definition) is 2. The van der Waals surface area contributed by atoms with Gasteiger partial charge in [-0.1, -0.05) is 13.3 Å². The summed E-state index contributed by atoms with van der Waals surface area (Å²) >= 11 is 0. The lowest BCUT2D eigenvalue weighted by Gasteiger charge is -2.05. The van der Waals surface area contributed by atoms with Gasteiger partial charge in [-0.05, 0) is 18.6 Å².